The molecular weight excluding hydrogens is 266 g/mol. The van der Waals surface area contributed by atoms with Gasteiger partial charge in [-0.15, -0.1) is 0 Å². The first-order valence-corrected chi connectivity index (χ1v) is 5.13. The molecule has 0 atom stereocenters. The van der Waals surface area contributed by atoms with Crippen molar-refractivity contribution in [3.63, 3.8) is 0 Å². The van der Waals surface area contributed by atoms with Gasteiger partial charge < -0.3 is 14.8 Å². The number of hydrogen-bond acceptors (Lipinski definition) is 3. The minimum absolute atomic E-state index is 0.0413. The molecule has 0 unspecified atom stereocenters. The summed E-state index contributed by atoms with van der Waals surface area (Å²) in [5.74, 6) is -1.02. The number of halogens is 1. The molecule has 0 aromatic carbocycles. The molecule has 0 aliphatic rings. The Balaban J connectivity index is 2.31. The Labute approximate surface area is 94.6 Å². The van der Waals surface area contributed by atoms with Crippen LogP contribution in [-0.4, -0.2) is 23.5 Å². The molecule has 2 N–H and O–H groups in total. The van der Waals surface area contributed by atoms with Gasteiger partial charge in [-0.25, -0.2) is 0 Å². The second-order valence-electron chi connectivity index (χ2n) is 2.85. The van der Waals surface area contributed by atoms with E-state index in [4.69, 9.17) is 9.52 Å². The predicted molar refractivity (Wildman–Crippen MR) is 55.6 cm³/mol. The highest BCUT2D eigenvalue weighted by Crippen LogP contribution is 2.16. The number of furan rings is 1. The fourth-order valence-corrected chi connectivity index (χ4v) is 1.36. The average Bonchev–Trinajstić information content (AvgIpc) is 2.58. The van der Waals surface area contributed by atoms with Crippen LogP contribution in [0.5, 0.6) is 0 Å². The molecule has 0 saturated heterocycles. The van der Waals surface area contributed by atoms with E-state index in [0.717, 1.165) is 0 Å². The number of amides is 1. The van der Waals surface area contributed by atoms with Crippen LogP contribution in [-0.2, 0) is 4.79 Å². The molecule has 0 spiro atoms. The van der Waals surface area contributed by atoms with E-state index >= 15 is 0 Å². The number of carbonyl (C=O) groups excluding carboxylic acids is 1. The SMILES string of the molecule is O=C(O)CCCNC(=O)c1occc1Br. The van der Waals surface area contributed by atoms with Crippen molar-refractivity contribution in [1.82, 2.24) is 5.32 Å². The lowest BCUT2D eigenvalue weighted by atomic mass is 10.3. The number of rotatable bonds is 5. The van der Waals surface area contributed by atoms with Crippen LogP contribution in [0.4, 0.5) is 0 Å². The molecule has 1 amide bonds. The highest BCUT2D eigenvalue weighted by Gasteiger charge is 2.12. The van der Waals surface area contributed by atoms with E-state index < -0.39 is 5.97 Å². The van der Waals surface area contributed by atoms with Gasteiger partial charge in [-0.2, -0.15) is 0 Å². The highest BCUT2D eigenvalue weighted by molar-refractivity contribution is 9.10. The quantitative estimate of drug-likeness (QED) is 0.801. The summed E-state index contributed by atoms with van der Waals surface area (Å²) in [7, 11) is 0. The lowest BCUT2D eigenvalue weighted by Gasteiger charge is -2.01. The Kier molecular flexibility index (Phi) is 4.36. The lowest BCUT2D eigenvalue weighted by Crippen LogP contribution is -2.24. The summed E-state index contributed by atoms with van der Waals surface area (Å²) in [6.45, 7) is 0.318. The Morgan fingerprint density at radius 2 is 2.27 bits per heavy atom. The van der Waals surface area contributed by atoms with Crippen LogP contribution in [0.15, 0.2) is 21.2 Å². The van der Waals surface area contributed by atoms with Crippen LogP contribution < -0.4 is 5.32 Å². The zero-order chi connectivity index (χ0) is 11.3. The molecule has 6 heteroatoms. The van der Waals surface area contributed by atoms with Crippen molar-refractivity contribution >= 4 is 27.8 Å². The topological polar surface area (TPSA) is 79.5 Å². The van der Waals surface area contributed by atoms with Crippen LogP contribution >= 0.6 is 15.9 Å². The third-order valence-electron chi connectivity index (χ3n) is 1.68. The van der Waals surface area contributed by atoms with Crippen LogP contribution in [0.3, 0.4) is 0 Å². The van der Waals surface area contributed by atoms with Gasteiger partial charge in [-0.05, 0) is 28.4 Å². The molecular formula is C9H10BrNO4. The van der Waals surface area contributed by atoms with Gasteiger partial charge in [0.25, 0.3) is 5.91 Å². The Morgan fingerprint density at radius 3 is 2.80 bits per heavy atom. The number of carboxylic acid groups (broad SMARTS) is 1. The van der Waals surface area contributed by atoms with Gasteiger partial charge >= 0.3 is 5.97 Å². The minimum atomic E-state index is -0.872. The normalized spacial score (nSPS) is 9.93. The Morgan fingerprint density at radius 1 is 1.53 bits per heavy atom. The summed E-state index contributed by atoms with van der Waals surface area (Å²) in [4.78, 5) is 21.6. The second-order valence-corrected chi connectivity index (χ2v) is 3.71. The first-order chi connectivity index (χ1) is 7.11. The minimum Gasteiger partial charge on any atom is -0.481 e. The van der Waals surface area contributed by atoms with E-state index in [1.807, 2.05) is 0 Å². The van der Waals surface area contributed by atoms with Crippen molar-refractivity contribution in [2.45, 2.75) is 12.8 Å². The fourth-order valence-electron chi connectivity index (χ4n) is 0.978. The summed E-state index contributed by atoms with van der Waals surface area (Å²) in [6.07, 6.45) is 1.84. The summed E-state index contributed by atoms with van der Waals surface area (Å²) >= 11 is 3.15. The monoisotopic (exact) mass is 275 g/mol. The molecule has 0 aliphatic heterocycles. The third-order valence-corrected chi connectivity index (χ3v) is 2.30. The average molecular weight is 276 g/mol. The number of aliphatic carboxylic acids is 1. The maximum atomic E-state index is 11.4. The summed E-state index contributed by atoms with van der Waals surface area (Å²) in [5, 5.41) is 10.9. The molecule has 0 bridgehead atoms. The first kappa shape index (κ1) is 11.8. The largest absolute Gasteiger partial charge is 0.481 e. The molecule has 5 nitrogen and oxygen atoms in total. The third kappa shape index (κ3) is 3.75. The predicted octanol–water partition coefficient (Wildman–Crippen LogP) is 1.64. The van der Waals surface area contributed by atoms with Gasteiger partial charge in [0.15, 0.2) is 0 Å². The van der Waals surface area contributed by atoms with Crippen LogP contribution in [0.2, 0.25) is 0 Å². The summed E-state index contributed by atoms with van der Waals surface area (Å²) in [5.41, 5.74) is 0. The van der Waals surface area contributed by atoms with E-state index in [1.54, 1.807) is 6.07 Å². The van der Waals surface area contributed by atoms with E-state index in [1.165, 1.54) is 6.26 Å². The van der Waals surface area contributed by atoms with Gasteiger partial charge in [-0.1, -0.05) is 0 Å². The zero-order valence-corrected chi connectivity index (χ0v) is 9.41. The molecule has 82 valence electrons. The molecule has 0 aliphatic carbocycles. The number of carboxylic acids is 1. The number of hydrogen-bond donors (Lipinski definition) is 2. The second kappa shape index (κ2) is 5.55. The zero-order valence-electron chi connectivity index (χ0n) is 7.83. The molecule has 1 heterocycles. The maximum Gasteiger partial charge on any atom is 0.303 e. The van der Waals surface area contributed by atoms with Gasteiger partial charge in [-0.3, -0.25) is 9.59 Å². The Bertz CT molecular complexity index is 361. The van der Waals surface area contributed by atoms with Crippen molar-refractivity contribution in [2.75, 3.05) is 6.54 Å². The summed E-state index contributed by atoms with van der Waals surface area (Å²) < 4.78 is 5.51. The number of nitrogens with one attached hydrogen (secondary N) is 1. The number of carbonyl (C=O) groups is 2. The standard InChI is InChI=1S/C9H10BrNO4/c10-6-3-5-15-8(6)9(14)11-4-1-2-7(12)13/h3,5H,1-2,4H2,(H,11,14)(H,12,13). The van der Waals surface area contributed by atoms with Crippen molar-refractivity contribution in [3.05, 3.63) is 22.6 Å². The molecule has 0 saturated carbocycles. The van der Waals surface area contributed by atoms with Crippen LogP contribution in [0.25, 0.3) is 0 Å². The first-order valence-electron chi connectivity index (χ1n) is 4.34. The maximum absolute atomic E-state index is 11.4. The molecule has 1 aromatic rings. The van der Waals surface area contributed by atoms with Crippen LogP contribution in [0, 0.1) is 0 Å². The van der Waals surface area contributed by atoms with E-state index in [-0.39, 0.29) is 18.1 Å². The van der Waals surface area contributed by atoms with Crippen LogP contribution in [0.1, 0.15) is 23.4 Å². The van der Waals surface area contributed by atoms with E-state index in [9.17, 15) is 9.59 Å². The van der Waals surface area contributed by atoms with Gasteiger partial charge in [0, 0.05) is 13.0 Å². The Hall–Kier alpha value is -1.30. The van der Waals surface area contributed by atoms with Gasteiger partial charge in [0.05, 0.1) is 10.7 Å². The van der Waals surface area contributed by atoms with Gasteiger partial charge in [0.1, 0.15) is 0 Å². The van der Waals surface area contributed by atoms with E-state index in [0.29, 0.717) is 17.4 Å². The molecule has 1 rings (SSSR count). The lowest BCUT2D eigenvalue weighted by molar-refractivity contribution is -0.137. The molecule has 15 heavy (non-hydrogen) atoms. The van der Waals surface area contributed by atoms with Gasteiger partial charge in [0.2, 0.25) is 5.76 Å². The molecule has 0 fully saturated rings. The smallest absolute Gasteiger partial charge is 0.303 e. The van der Waals surface area contributed by atoms with Crippen molar-refractivity contribution < 1.29 is 19.1 Å². The molecule has 1 aromatic heterocycles. The highest BCUT2D eigenvalue weighted by atomic mass is 79.9. The van der Waals surface area contributed by atoms with Crippen molar-refractivity contribution in [1.29, 1.82) is 0 Å². The van der Waals surface area contributed by atoms with Crippen molar-refractivity contribution in [2.24, 2.45) is 0 Å². The van der Waals surface area contributed by atoms with Crippen molar-refractivity contribution in [3.8, 4) is 0 Å². The fraction of sp³-hybridized carbons (Fsp3) is 0.333. The summed E-state index contributed by atoms with van der Waals surface area (Å²) in [6, 6.07) is 1.62. The van der Waals surface area contributed by atoms with E-state index in [2.05, 4.69) is 21.2 Å². The molecule has 0 radical (unpaired) electrons.